The van der Waals surface area contributed by atoms with E-state index in [2.05, 4.69) is 5.32 Å². The number of nitrogens with one attached hydrogen (secondary N) is 1. The number of alkyl halides is 3. The van der Waals surface area contributed by atoms with E-state index in [-0.39, 0.29) is 11.3 Å². The van der Waals surface area contributed by atoms with Crippen molar-refractivity contribution < 1.29 is 27.5 Å². The average Bonchev–Trinajstić information content (AvgIpc) is 2.65. The normalized spacial score (nSPS) is 11.2. The van der Waals surface area contributed by atoms with Crippen LogP contribution in [0.3, 0.4) is 0 Å². The lowest BCUT2D eigenvalue weighted by Gasteiger charge is -2.11. The number of anilines is 2. The summed E-state index contributed by atoms with van der Waals surface area (Å²) in [6, 6.07) is 15.2. The molecule has 0 heterocycles. The fraction of sp³-hybridized carbons (Fsp3) is 0.100. The van der Waals surface area contributed by atoms with Crippen LogP contribution in [-0.4, -0.2) is 18.5 Å². The molecule has 8 heteroatoms. The Morgan fingerprint density at radius 2 is 1.68 bits per heavy atom. The van der Waals surface area contributed by atoms with E-state index in [1.807, 2.05) is 30.3 Å². The third-order valence-electron chi connectivity index (χ3n) is 3.97. The Balaban J connectivity index is 1.61. The lowest BCUT2D eigenvalue weighted by molar-refractivity contribution is -0.137. The number of nitrogens with two attached hydrogens (primary N) is 1. The summed E-state index contributed by atoms with van der Waals surface area (Å²) in [4.78, 5) is 24.0. The molecule has 0 unspecified atom stereocenters. The molecule has 144 valence electrons. The van der Waals surface area contributed by atoms with E-state index < -0.39 is 30.2 Å². The molecule has 0 fully saturated rings. The summed E-state index contributed by atoms with van der Waals surface area (Å²) in [6.45, 7) is -0.605. The number of halogens is 3. The van der Waals surface area contributed by atoms with Gasteiger partial charge >= 0.3 is 12.1 Å². The van der Waals surface area contributed by atoms with Gasteiger partial charge in [0, 0.05) is 11.4 Å². The lowest BCUT2D eigenvalue weighted by Crippen LogP contribution is -2.21. The molecule has 0 aliphatic rings. The Morgan fingerprint density at radius 3 is 2.36 bits per heavy atom. The van der Waals surface area contributed by atoms with Crippen LogP contribution in [0.4, 0.5) is 24.5 Å². The highest BCUT2D eigenvalue weighted by molar-refractivity contribution is 5.99. The van der Waals surface area contributed by atoms with Crippen molar-refractivity contribution >= 4 is 34.0 Å². The van der Waals surface area contributed by atoms with Crippen LogP contribution in [0.1, 0.15) is 15.9 Å². The molecule has 0 aromatic heterocycles. The number of hydrogen-bond acceptors (Lipinski definition) is 4. The molecule has 0 aliphatic carbocycles. The van der Waals surface area contributed by atoms with Crippen molar-refractivity contribution in [3.8, 4) is 0 Å². The van der Waals surface area contributed by atoms with Crippen molar-refractivity contribution in [2.75, 3.05) is 17.7 Å². The molecule has 0 atom stereocenters. The minimum atomic E-state index is -4.57. The van der Waals surface area contributed by atoms with Crippen LogP contribution in [0.15, 0.2) is 60.7 Å². The number of amides is 1. The van der Waals surface area contributed by atoms with Gasteiger partial charge in [-0.1, -0.05) is 30.3 Å². The molecule has 0 bridgehead atoms. The smallest absolute Gasteiger partial charge is 0.416 e. The van der Waals surface area contributed by atoms with Crippen LogP contribution in [0.5, 0.6) is 0 Å². The van der Waals surface area contributed by atoms with Crippen LogP contribution in [0, 0.1) is 0 Å². The second kappa shape index (κ2) is 7.59. The van der Waals surface area contributed by atoms with Crippen molar-refractivity contribution in [1.29, 1.82) is 0 Å². The molecule has 0 saturated carbocycles. The van der Waals surface area contributed by atoms with Crippen molar-refractivity contribution in [1.82, 2.24) is 0 Å². The molecule has 0 aliphatic heterocycles. The highest BCUT2D eigenvalue weighted by Gasteiger charge is 2.31. The van der Waals surface area contributed by atoms with Gasteiger partial charge in [0.05, 0.1) is 11.1 Å². The van der Waals surface area contributed by atoms with Gasteiger partial charge in [-0.3, -0.25) is 4.79 Å². The van der Waals surface area contributed by atoms with E-state index in [1.165, 1.54) is 0 Å². The molecule has 28 heavy (non-hydrogen) atoms. The number of carbonyl (C=O) groups is 2. The summed E-state index contributed by atoms with van der Waals surface area (Å²) in [5.74, 6) is -1.57. The van der Waals surface area contributed by atoms with Crippen molar-refractivity contribution in [2.24, 2.45) is 0 Å². The van der Waals surface area contributed by atoms with Gasteiger partial charge in [-0.05, 0) is 41.1 Å². The Morgan fingerprint density at radius 1 is 0.964 bits per heavy atom. The van der Waals surface area contributed by atoms with Crippen molar-refractivity contribution in [2.45, 2.75) is 6.18 Å². The first-order valence-corrected chi connectivity index (χ1v) is 8.16. The molecular weight excluding hydrogens is 373 g/mol. The van der Waals surface area contributed by atoms with Gasteiger partial charge < -0.3 is 15.8 Å². The number of nitrogen functional groups attached to an aromatic ring is 1. The SMILES string of the molecule is Nc1cc(C(F)(F)F)ccc1C(=O)OCC(=O)Nc1ccc2ccccc2c1. The van der Waals surface area contributed by atoms with Crippen LogP contribution in [0.25, 0.3) is 10.8 Å². The number of benzene rings is 3. The van der Waals surface area contributed by atoms with Gasteiger partial charge in [-0.25, -0.2) is 4.79 Å². The molecule has 0 radical (unpaired) electrons. The zero-order valence-electron chi connectivity index (χ0n) is 14.4. The summed E-state index contributed by atoms with van der Waals surface area (Å²) in [5.41, 5.74) is 4.42. The molecule has 3 aromatic rings. The first kappa shape index (κ1) is 19.2. The summed E-state index contributed by atoms with van der Waals surface area (Å²) in [5, 5.41) is 4.52. The highest BCUT2D eigenvalue weighted by atomic mass is 19.4. The molecular formula is C20H15F3N2O3. The highest BCUT2D eigenvalue weighted by Crippen LogP contribution is 2.31. The van der Waals surface area contributed by atoms with Gasteiger partial charge in [-0.15, -0.1) is 0 Å². The van der Waals surface area contributed by atoms with Crippen LogP contribution in [0.2, 0.25) is 0 Å². The Bertz CT molecular complexity index is 1050. The molecule has 3 rings (SSSR count). The Kier molecular flexibility index (Phi) is 5.21. The summed E-state index contributed by atoms with van der Waals surface area (Å²) in [6.07, 6.45) is -4.57. The van der Waals surface area contributed by atoms with Gasteiger partial charge in [0.25, 0.3) is 5.91 Å². The van der Waals surface area contributed by atoms with E-state index >= 15 is 0 Å². The topological polar surface area (TPSA) is 81.4 Å². The maximum absolute atomic E-state index is 12.6. The zero-order valence-corrected chi connectivity index (χ0v) is 14.4. The zero-order chi connectivity index (χ0) is 20.3. The van der Waals surface area contributed by atoms with E-state index in [9.17, 15) is 22.8 Å². The monoisotopic (exact) mass is 388 g/mol. The predicted octanol–water partition coefficient (Wildman–Crippen LogP) is 4.24. The summed E-state index contributed by atoms with van der Waals surface area (Å²) < 4.78 is 42.7. The van der Waals surface area contributed by atoms with E-state index in [1.54, 1.807) is 12.1 Å². The number of fused-ring (bicyclic) bond motifs is 1. The van der Waals surface area contributed by atoms with Gasteiger partial charge in [0.2, 0.25) is 0 Å². The minimum absolute atomic E-state index is 0.244. The van der Waals surface area contributed by atoms with E-state index in [0.717, 1.165) is 22.9 Å². The predicted molar refractivity (Wildman–Crippen MR) is 98.7 cm³/mol. The van der Waals surface area contributed by atoms with Crippen LogP contribution < -0.4 is 11.1 Å². The molecule has 0 spiro atoms. The third kappa shape index (κ3) is 4.40. The van der Waals surface area contributed by atoms with E-state index in [4.69, 9.17) is 10.5 Å². The standard InChI is InChI=1S/C20H15F3N2O3/c21-20(22,23)14-6-8-16(17(24)10-14)19(27)28-11-18(26)25-15-7-5-12-3-1-2-4-13(12)9-15/h1-10H,11,24H2,(H,25,26). The molecule has 3 N–H and O–H groups in total. The molecule has 0 saturated heterocycles. The van der Waals surface area contributed by atoms with E-state index in [0.29, 0.717) is 11.8 Å². The largest absolute Gasteiger partial charge is 0.452 e. The Hall–Kier alpha value is -3.55. The van der Waals surface area contributed by atoms with Gasteiger partial charge in [0.1, 0.15) is 0 Å². The number of ether oxygens (including phenoxy) is 1. The number of esters is 1. The van der Waals surface area contributed by atoms with Crippen molar-refractivity contribution in [3.05, 3.63) is 71.8 Å². The first-order valence-electron chi connectivity index (χ1n) is 8.16. The van der Waals surface area contributed by atoms with Gasteiger partial charge in [0.15, 0.2) is 6.61 Å². The number of hydrogen-bond donors (Lipinski definition) is 2. The van der Waals surface area contributed by atoms with Crippen molar-refractivity contribution in [3.63, 3.8) is 0 Å². The Labute approximate surface area is 157 Å². The average molecular weight is 388 g/mol. The number of carbonyl (C=O) groups excluding carboxylic acids is 2. The summed E-state index contributed by atoms with van der Waals surface area (Å²) >= 11 is 0. The fourth-order valence-corrected chi connectivity index (χ4v) is 2.60. The minimum Gasteiger partial charge on any atom is -0.452 e. The summed E-state index contributed by atoms with van der Waals surface area (Å²) in [7, 11) is 0. The van der Waals surface area contributed by atoms with Crippen LogP contribution in [-0.2, 0) is 15.7 Å². The lowest BCUT2D eigenvalue weighted by atomic mass is 10.1. The third-order valence-corrected chi connectivity index (χ3v) is 3.97. The first-order chi connectivity index (χ1) is 13.2. The quantitative estimate of drug-likeness (QED) is 0.518. The molecule has 1 amide bonds. The maximum atomic E-state index is 12.6. The number of rotatable bonds is 4. The fourth-order valence-electron chi connectivity index (χ4n) is 2.60. The second-order valence-corrected chi connectivity index (χ2v) is 5.99. The molecule has 5 nitrogen and oxygen atoms in total. The van der Waals surface area contributed by atoms with Gasteiger partial charge in [-0.2, -0.15) is 13.2 Å². The van der Waals surface area contributed by atoms with Crippen LogP contribution >= 0.6 is 0 Å². The molecule has 3 aromatic carbocycles. The second-order valence-electron chi connectivity index (χ2n) is 5.99. The maximum Gasteiger partial charge on any atom is 0.416 e.